The molecule has 1 amide bonds. The average molecular weight is 527 g/mol. The quantitative estimate of drug-likeness (QED) is 0.311. The van der Waals surface area contributed by atoms with Gasteiger partial charge in [-0.1, -0.05) is 12.1 Å². The van der Waals surface area contributed by atoms with E-state index in [1.54, 1.807) is 68.6 Å². The molecule has 3 heterocycles. The predicted molar refractivity (Wildman–Crippen MR) is 144 cm³/mol. The van der Waals surface area contributed by atoms with E-state index >= 15 is 0 Å². The van der Waals surface area contributed by atoms with Crippen molar-refractivity contribution < 1.29 is 23.4 Å². The number of hydrogen-bond acceptors (Lipinski definition) is 7. The topological polar surface area (TPSA) is 105 Å². The van der Waals surface area contributed by atoms with Crippen LogP contribution in [0.3, 0.4) is 0 Å². The molecule has 10 heteroatoms. The molecule has 0 atom stereocenters. The number of hydrogen-bond donors (Lipinski definition) is 1. The first-order valence-electron chi connectivity index (χ1n) is 11.8. The van der Waals surface area contributed by atoms with Gasteiger partial charge in [0, 0.05) is 42.7 Å². The number of aromatic nitrogens is 3. The van der Waals surface area contributed by atoms with Gasteiger partial charge >= 0.3 is 0 Å². The summed E-state index contributed by atoms with van der Waals surface area (Å²) in [5, 5.41) is 3.36. The number of fused-ring (bicyclic) bond motifs is 1. The summed E-state index contributed by atoms with van der Waals surface area (Å²) in [4.78, 5) is 34.7. The fourth-order valence-corrected chi connectivity index (χ4v) is 4.07. The fraction of sp³-hybridized carbons (Fsp3) is 0.103. The third-order valence-corrected chi connectivity index (χ3v) is 5.97. The van der Waals surface area contributed by atoms with Gasteiger partial charge in [0.25, 0.3) is 5.91 Å². The van der Waals surface area contributed by atoms with E-state index in [1.807, 2.05) is 0 Å². The SMILES string of the molecule is COc1cc2nccc(Oc3ccc(NC(=O)c4cn(C)cc(-c5ccc(F)cc5)c4=O)nc3)c2cc1OC. The Hall–Kier alpha value is -5.25. The van der Waals surface area contributed by atoms with E-state index in [0.29, 0.717) is 39.5 Å². The minimum atomic E-state index is -0.623. The van der Waals surface area contributed by atoms with Crippen molar-refractivity contribution in [1.29, 1.82) is 0 Å². The number of anilines is 1. The second-order valence-electron chi connectivity index (χ2n) is 8.56. The van der Waals surface area contributed by atoms with Gasteiger partial charge in [0.2, 0.25) is 5.43 Å². The number of carbonyl (C=O) groups excluding carboxylic acids is 1. The Balaban J connectivity index is 1.36. The third kappa shape index (κ3) is 5.26. The smallest absolute Gasteiger partial charge is 0.262 e. The lowest BCUT2D eigenvalue weighted by Crippen LogP contribution is -2.24. The highest BCUT2D eigenvalue weighted by Gasteiger charge is 2.17. The van der Waals surface area contributed by atoms with Gasteiger partial charge in [0.15, 0.2) is 11.5 Å². The Bertz CT molecular complexity index is 1730. The highest BCUT2D eigenvalue weighted by molar-refractivity contribution is 6.04. The average Bonchev–Trinajstić information content (AvgIpc) is 2.95. The van der Waals surface area contributed by atoms with Crippen molar-refractivity contribution >= 4 is 22.6 Å². The highest BCUT2D eigenvalue weighted by atomic mass is 19.1. The first-order chi connectivity index (χ1) is 18.9. The largest absolute Gasteiger partial charge is 0.493 e. The van der Waals surface area contributed by atoms with Crippen LogP contribution in [0, 0.1) is 5.82 Å². The molecule has 0 spiro atoms. The number of pyridine rings is 3. The zero-order valence-electron chi connectivity index (χ0n) is 21.3. The van der Waals surface area contributed by atoms with Crippen LogP contribution in [0.25, 0.3) is 22.0 Å². The second-order valence-corrected chi connectivity index (χ2v) is 8.56. The summed E-state index contributed by atoms with van der Waals surface area (Å²) >= 11 is 0. The molecule has 0 saturated carbocycles. The number of halogens is 1. The predicted octanol–water partition coefficient (Wildman–Crippen LogP) is 5.20. The van der Waals surface area contributed by atoms with E-state index in [-0.39, 0.29) is 16.9 Å². The Kier molecular flexibility index (Phi) is 6.92. The lowest BCUT2D eigenvalue weighted by Gasteiger charge is -2.12. The minimum absolute atomic E-state index is 0.0749. The van der Waals surface area contributed by atoms with Crippen molar-refractivity contribution in [3.63, 3.8) is 0 Å². The van der Waals surface area contributed by atoms with Crippen LogP contribution in [0.4, 0.5) is 10.2 Å². The molecule has 39 heavy (non-hydrogen) atoms. The normalized spacial score (nSPS) is 10.8. The van der Waals surface area contributed by atoms with Gasteiger partial charge in [-0.3, -0.25) is 14.6 Å². The van der Waals surface area contributed by atoms with Gasteiger partial charge in [0.05, 0.1) is 25.9 Å². The van der Waals surface area contributed by atoms with Crippen LogP contribution >= 0.6 is 0 Å². The minimum Gasteiger partial charge on any atom is -0.493 e. The zero-order valence-corrected chi connectivity index (χ0v) is 21.3. The number of ether oxygens (including phenoxy) is 3. The molecule has 0 unspecified atom stereocenters. The number of rotatable bonds is 7. The monoisotopic (exact) mass is 526 g/mol. The summed E-state index contributed by atoms with van der Waals surface area (Å²) < 4.78 is 31.7. The molecule has 3 aromatic heterocycles. The first-order valence-corrected chi connectivity index (χ1v) is 11.8. The summed E-state index contributed by atoms with van der Waals surface area (Å²) in [7, 11) is 4.80. The molecule has 0 aliphatic heterocycles. The Morgan fingerprint density at radius 2 is 1.67 bits per heavy atom. The Morgan fingerprint density at radius 1 is 0.923 bits per heavy atom. The lowest BCUT2D eigenvalue weighted by atomic mass is 10.0. The van der Waals surface area contributed by atoms with Crippen molar-refractivity contribution in [2.24, 2.45) is 7.05 Å². The summed E-state index contributed by atoms with van der Waals surface area (Å²) in [5.74, 6) is 1.22. The molecule has 0 aliphatic rings. The number of benzene rings is 2. The van der Waals surface area contributed by atoms with Gasteiger partial charge in [-0.15, -0.1) is 0 Å². The van der Waals surface area contributed by atoms with Gasteiger partial charge in [-0.25, -0.2) is 9.37 Å². The molecule has 9 nitrogen and oxygen atoms in total. The van der Waals surface area contributed by atoms with E-state index in [1.165, 1.54) is 36.7 Å². The van der Waals surface area contributed by atoms with E-state index in [9.17, 15) is 14.0 Å². The van der Waals surface area contributed by atoms with E-state index in [0.717, 1.165) is 0 Å². The van der Waals surface area contributed by atoms with E-state index < -0.39 is 17.2 Å². The zero-order chi connectivity index (χ0) is 27.5. The maximum Gasteiger partial charge on any atom is 0.262 e. The molecule has 0 fully saturated rings. The van der Waals surface area contributed by atoms with Crippen LogP contribution in [0.5, 0.6) is 23.0 Å². The first kappa shape index (κ1) is 25.4. The molecule has 5 aromatic rings. The molecule has 2 aromatic carbocycles. The maximum absolute atomic E-state index is 13.3. The van der Waals surface area contributed by atoms with Crippen molar-refractivity contribution in [3.8, 4) is 34.1 Å². The molecule has 0 radical (unpaired) electrons. The van der Waals surface area contributed by atoms with E-state index in [4.69, 9.17) is 14.2 Å². The number of aryl methyl sites for hydroxylation is 1. The van der Waals surface area contributed by atoms with Crippen LogP contribution in [0.1, 0.15) is 10.4 Å². The summed E-state index contributed by atoms with van der Waals surface area (Å²) in [5.41, 5.74) is 0.890. The van der Waals surface area contributed by atoms with Gasteiger partial charge in [0.1, 0.15) is 28.7 Å². The van der Waals surface area contributed by atoms with Crippen LogP contribution in [0.15, 0.2) is 84.2 Å². The molecule has 0 saturated heterocycles. The van der Waals surface area contributed by atoms with Crippen molar-refractivity contribution in [2.75, 3.05) is 19.5 Å². The van der Waals surface area contributed by atoms with Crippen LogP contribution in [-0.4, -0.2) is 34.7 Å². The number of methoxy groups -OCH3 is 2. The van der Waals surface area contributed by atoms with Gasteiger partial charge in [-0.05, 0) is 42.0 Å². The molecule has 1 N–H and O–H groups in total. The van der Waals surface area contributed by atoms with E-state index in [2.05, 4.69) is 15.3 Å². The second kappa shape index (κ2) is 10.6. The molecule has 5 rings (SSSR count). The molecular weight excluding hydrogens is 503 g/mol. The third-order valence-electron chi connectivity index (χ3n) is 5.97. The maximum atomic E-state index is 13.3. The van der Waals surface area contributed by atoms with Crippen molar-refractivity contribution in [1.82, 2.24) is 14.5 Å². The molecule has 196 valence electrons. The van der Waals surface area contributed by atoms with Gasteiger partial charge in [-0.2, -0.15) is 0 Å². The van der Waals surface area contributed by atoms with Crippen molar-refractivity contribution in [2.45, 2.75) is 0 Å². The molecule has 0 aliphatic carbocycles. The van der Waals surface area contributed by atoms with Crippen molar-refractivity contribution in [3.05, 3.63) is 101 Å². The van der Waals surface area contributed by atoms with Crippen LogP contribution in [-0.2, 0) is 7.05 Å². The number of amides is 1. The molecule has 0 bridgehead atoms. The van der Waals surface area contributed by atoms with Gasteiger partial charge < -0.3 is 24.1 Å². The van der Waals surface area contributed by atoms with Crippen LogP contribution in [0.2, 0.25) is 0 Å². The molecular formula is C29H23FN4O5. The summed E-state index contributed by atoms with van der Waals surface area (Å²) in [6.07, 6.45) is 6.09. The Labute approximate surface area is 222 Å². The number of nitrogens with one attached hydrogen (secondary N) is 1. The summed E-state index contributed by atoms with van der Waals surface area (Å²) in [6, 6.07) is 14.0. The summed E-state index contributed by atoms with van der Waals surface area (Å²) in [6.45, 7) is 0. The fourth-order valence-electron chi connectivity index (χ4n) is 4.07. The van der Waals surface area contributed by atoms with Crippen LogP contribution < -0.4 is 25.0 Å². The standard InChI is InChI=1S/C29H23FN4O5/c1-34-15-21(17-4-6-18(30)7-5-17)28(35)22(16-34)29(36)33-27-9-8-19(14-32-27)39-24-10-11-31-23-13-26(38-3)25(37-2)12-20(23)24/h4-16H,1-3H3,(H,32,33,36). The number of carbonyl (C=O) groups is 1. The number of nitrogens with zero attached hydrogens (tertiary/aromatic N) is 3. The highest BCUT2D eigenvalue weighted by Crippen LogP contribution is 2.36. The Morgan fingerprint density at radius 3 is 2.36 bits per heavy atom. The lowest BCUT2D eigenvalue weighted by molar-refractivity contribution is 0.102.